The number of benzene rings is 1. The van der Waals surface area contributed by atoms with Gasteiger partial charge < -0.3 is 4.84 Å². The Morgan fingerprint density at radius 1 is 1.07 bits per heavy atom. The molecule has 0 aliphatic heterocycles. The first-order valence-corrected chi connectivity index (χ1v) is 9.05. The minimum atomic E-state index is -5.28. The van der Waals surface area contributed by atoms with Gasteiger partial charge in [-0.05, 0) is 42.0 Å². The van der Waals surface area contributed by atoms with Gasteiger partial charge in [0.15, 0.2) is 0 Å². The number of aromatic nitrogens is 2. The molecule has 30 heavy (non-hydrogen) atoms. The maximum absolute atomic E-state index is 13.0. The number of rotatable bonds is 4. The highest BCUT2D eigenvalue weighted by molar-refractivity contribution is 7.13. The molecule has 1 aromatic carbocycles. The quantitative estimate of drug-likeness (QED) is 0.344. The lowest BCUT2D eigenvalue weighted by molar-refractivity contribution is -0.201. The first-order valence-electron chi connectivity index (χ1n) is 8.17. The highest BCUT2D eigenvalue weighted by Gasteiger charge is 2.43. The van der Waals surface area contributed by atoms with Crippen LogP contribution in [-0.4, -0.2) is 28.0 Å². The van der Waals surface area contributed by atoms with Crippen LogP contribution in [0.25, 0.3) is 17.3 Å². The zero-order valence-electron chi connectivity index (χ0n) is 14.8. The van der Waals surface area contributed by atoms with E-state index in [0.717, 1.165) is 17.4 Å². The lowest BCUT2D eigenvalue weighted by Crippen LogP contribution is -2.37. The Labute approximate surface area is 171 Å². The zero-order chi connectivity index (χ0) is 21.7. The number of carbonyl (C=O) groups is 2. The van der Waals surface area contributed by atoms with Gasteiger partial charge in [-0.25, -0.2) is 14.2 Å². The second kappa shape index (κ2) is 8.82. The molecule has 0 saturated carbocycles. The van der Waals surface area contributed by atoms with Gasteiger partial charge >= 0.3 is 12.1 Å². The Bertz CT molecular complexity index is 1050. The van der Waals surface area contributed by atoms with Gasteiger partial charge in [0.2, 0.25) is 5.13 Å². The molecule has 0 saturated heterocycles. The molecule has 0 spiro atoms. The first kappa shape index (κ1) is 21.1. The molecule has 6 nitrogen and oxygen atoms in total. The highest BCUT2D eigenvalue weighted by atomic mass is 32.1. The molecule has 0 N–H and O–H groups in total. The molecular weight excluding hydrogens is 426 g/mol. The van der Waals surface area contributed by atoms with Gasteiger partial charge in [0.1, 0.15) is 5.82 Å². The summed E-state index contributed by atoms with van der Waals surface area (Å²) in [5.41, 5.74) is 1.69. The number of alkyl halides is 3. The molecule has 0 radical (unpaired) electrons. The van der Waals surface area contributed by atoms with Crippen LogP contribution >= 0.6 is 11.3 Å². The van der Waals surface area contributed by atoms with Crippen molar-refractivity contribution >= 4 is 34.4 Å². The van der Waals surface area contributed by atoms with Crippen molar-refractivity contribution in [3.63, 3.8) is 0 Å². The summed E-state index contributed by atoms with van der Waals surface area (Å²) < 4.78 is 50.5. The van der Waals surface area contributed by atoms with Crippen LogP contribution in [0, 0.1) is 5.82 Å². The van der Waals surface area contributed by atoms with E-state index >= 15 is 0 Å². The molecule has 0 aliphatic rings. The molecule has 3 rings (SSSR count). The van der Waals surface area contributed by atoms with Crippen molar-refractivity contribution in [3.05, 3.63) is 71.6 Å². The molecule has 2 aromatic heterocycles. The van der Waals surface area contributed by atoms with E-state index in [1.807, 2.05) is 0 Å². The molecule has 0 atom stereocenters. The number of hydrogen-bond acceptors (Lipinski definition) is 6. The van der Waals surface area contributed by atoms with E-state index in [1.54, 1.807) is 24.3 Å². The highest BCUT2D eigenvalue weighted by Crippen LogP contribution is 2.23. The number of halogens is 4. The van der Waals surface area contributed by atoms with E-state index < -0.39 is 18.1 Å². The summed E-state index contributed by atoms with van der Waals surface area (Å²) in [4.78, 5) is 35.5. The Morgan fingerprint density at radius 2 is 1.80 bits per heavy atom. The third-order valence-electron chi connectivity index (χ3n) is 3.54. The average Bonchev–Trinajstić information content (AvgIpc) is 3.25. The Hall–Kier alpha value is -3.60. The fourth-order valence-corrected chi connectivity index (χ4v) is 2.75. The molecule has 11 heteroatoms. The van der Waals surface area contributed by atoms with Crippen molar-refractivity contribution in [2.75, 3.05) is 5.06 Å². The summed E-state index contributed by atoms with van der Waals surface area (Å²) in [6.07, 6.45) is -0.424. The van der Waals surface area contributed by atoms with Crippen molar-refractivity contribution in [1.82, 2.24) is 9.97 Å². The molecule has 0 fully saturated rings. The van der Waals surface area contributed by atoms with Crippen LogP contribution in [0.3, 0.4) is 0 Å². The minimum absolute atomic E-state index is 0.164. The number of pyridine rings is 1. The Morgan fingerprint density at radius 3 is 2.37 bits per heavy atom. The maximum Gasteiger partial charge on any atom is 0.493 e. The predicted octanol–water partition coefficient (Wildman–Crippen LogP) is 4.41. The molecule has 0 aliphatic carbocycles. The van der Waals surface area contributed by atoms with E-state index in [2.05, 4.69) is 14.8 Å². The van der Waals surface area contributed by atoms with Gasteiger partial charge in [-0.3, -0.25) is 9.78 Å². The number of nitrogens with zero attached hydrogens (tertiary/aromatic N) is 3. The lowest BCUT2D eigenvalue weighted by Gasteiger charge is -2.17. The number of hydroxylamine groups is 1. The third kappa shape index (κ3) is 5.26. The van der Waals surface area contributed by atoms with E-state index in [4.69, 9.17) is 0 Å². The second-order valence-corrected chi connectivity index (χ2v) is 6.51. The van der Waals surface area contributed by atoms with Crippen LogP contribution in [0.5, 0.6) is 0 Å². The molecule has 154 valence electrons. The fourth-order valence-electron chi connectivity index (χ4n) is 2.16. The summed E-state index contributed by atoms with van der Waals surface area (Å²) in [6, 6.07) is 8.91. The largest absolute Gasteiger partial charge is 0.493 e. The normalized spacial score (nSPS) is 11.5. The van der Waals surface area contributed by atoms with Gasteiger partial charge in [0.05, 0.1) is 5.69 Å². The monoisotopic (exact) mass is 437 g/mol. The van der Waals surface area contributed by atoms with Crippen LogP contribution in [0.4, 0.5) is 22.7 Å². The Balaban J connectivity index is 1.75. The minimum Gasteiger partial charge on any atom is -0.322 e. The van der Waals surface area contributed by atoms with Gasteiger partial charge in [0.25, 0.3) is 5.91 Å². The van der Waals surface area contributed by atoms with E-state index in [1.165, 1.54) is 36.0 Å². The predicted molar refractivity (Wildman–Crippen MR) is 100 cm³/mol. The molecule has 3 aromatic rings. The third-order valence-corrected chi connectivity index (χ3v) is 4.28. The standard InChI is InChI=1S/C19H11F4N3O3S/c20-14-5-3-13(4-6-14)15-7-1-12(11-25-15)2-8-16(27)26(18-24-9-10-30-18)29-17(28)19(21,22)23/h1-11H/b8-2+. The number of carbonyl (C=O) groups excluding carboxylic acids is 2. The summed E-state index contributed by atoms with van der Waals surface area (Å²) in [5.74, 6) is -3.98. The van der Waals surface area contributed by atoms with Gasteiger partial charge in [-0.15, -0.1) is 16.4 Å². The molecule has 2 heterocycles. The van der Waals surface area contributed by atoms with Gasteiger partial charge in [-0.2, -0.15) is 13.2 Å². The van der Waals surface area contributed by atoms with Crippen LogP contribution in [0.1, 0.15) is 5.56 Å². The average molecular weight is 437 g/mol. The number of amides is 1. The molecule has 0 unspecified atom stereocenters. The van der Waals surface area contributed by atoms with Crippen LogP contribution < -0.4 is 5.06 Å². The van der Waals surface area contributed by atoms with Gasteiger partial charge in [-0.1, -0.05) is 6.07 Å². The van der Waals surface area contributed by atoms with Crippen molar-refractivity contribution in [3.8, 4) is 11.3 Å². The second-order valence-electron chi connectivity index (χ2n) is 5.64. The number of hydrogen-bond donors (Lipinski definition) is 0. The van der Waals surface area contributed by atoms with Crippen LogP contribution in [-0.2, 0) is 14.4 Å². The van der Waals surface area contributed by atoms with E-state index in [0.29, 0.717) is 16.8 Å². The summed E-state index contributed by atoms with van der Waals surface area (Å²) in [5, 5.41) is 1.32. The summed E-state index contributed by atoms with van der Waals surface area (Å²) in [6.45, 7) is 0. The summed E-state index contributed by atoms with van der Waals surface area (Å²) in [7, 11) is 0. The van der Waals surface area contributed by atoms with Gasteiger partial charge in [0, 0.05) is 29.4 Å². The Kier molecular flexibility index (Phi) is 6.21. The van der Waals surface area contributed by atoms with Crippen LogP contribution in [0.2, 0.25) is 0 Å². The zero-order valence-corrected chi connectivity index (χ0v) is 15.7. The van der Waals surface area contributed by atoms with E-state index in [9.17, 15) is 27.2 Å². The molecule has 1 amide bonds. The van der Waals surface area contributed by atoms with E-state index in [-0.39, 0.29) is 16.0 Å². The SMILES string of the molecule is O=C(/C=C/c1ccc(-c2ccc(F)cc2)nc1)N(OC(=O)C(F)(F)F)c1nccs1. The van der Waals surface area contributed by atoms with Crippen LogP contribution in [0.15, 0.2) is 60.2 Å². The first-order chi connectivity index (χ1) is 14.2. The van der Waals surface area contributed by atoms with Crippen molar-refractivity contribution in [2.24, 2.45) is 0 Å². The molecule has 0 bridgehead atoms. The fraction of sp³-hybridized carbons (Fsp3) is 0.0526. The van der Waals surface area contributed by atoms with Crippen molar-refractivity contribution in [2.45, 2.75) is 6.18 Å². The molecular formula is C19H11F4N3O3S. The smallest absolute Gasteiger partial charge is 0.322 e. The maximum atomic E-state index is 13.0. The topological polar surface area (TPSA) is 72.4 Å². The number of anilines is 1. The summed E-state index contributed by atoms with van der Waals surface area (Å²) >= 11 is 0.811. The van der Waals surface area contributed by atoms with Crippen molar-refractivity contribution in [1.29, 1.82) is 0 Å². The van der Waals surface area contributed by atoms with Crippen molar-refractivity contribution < 1.29 is 32.0 Å². The lowest BCUT2D eigenvalue weighted by atomic mass is 10.1. The number of thiazole rings is 1.